The summed E-state index contributed by atoms with van der Waals surface area (Å²) in [5, 5.41) is 50.2. The predicted octanol–water partition coefficient (Wildman–Crippen LogP) is 10.6. The number of carbonyl (C=O) groups excluding carboxylic acids is 2. The lowest BCUT2D eigenvalue weighted by molar-refractivity contribution is -0.220. The minimum atomic E-state index is -5.13. The molecule has 6 unspecified atom stereocenters. The van der Waals surface area contributed by atoms with Gasteiger partial charge in [0.15, 0.2) is 6.10 Å². The van der Waals surface area contributed by atoms with Crippen molar-refractivity contribution in [3.8, 4) is 0 Å². The molecular formula is C50H91O13P. The summed E-state index contributed by atoms with van der Waals surface area (Å²) in [6.07, 6.45) is 33.4. The molecule has 0 aromatic heterocycles. The Morgan fingerprint density at radius 2 is 0.844 bits per heavy atom. The maximum absolute atomic E-state index is 12.8. The smallest absolute Gasteiger partial charge is 0.462 e. The van der Waals surface area contributed by atoms with Crippen LogP contribution in [0.2, 0.25) is 0 Å². The first-order chi connectivity index (χ1) is 30.9. The lowest BCUT2D eigenvalue weighted by Crippen LogP contribution is -2.64. The third-order valence-electron chi connectivity index (χ3n) is 11.7. The van der Waals surface area contributed by atoms with Crippen molar-refractivity contribution in [3.63, 3.8) is 0 Å². The summed E-state index contributed by atoms with van der Waals surface area (Å²) in [4.78, 5) is 35.8. The zero-order chi connectivity index (χ0) is 47.1. The second kappa shape index (κ2) is 40.2. The van der Waals surface area contributed by atoms with Crippen LogP contribution in [-0.4, -0.2) is 98.3 Å². The van der Waals surface area contributed by atoms with Crippen LogP contribution in [0.4, 0.5) is 0 Å². The highest BCUT2D eigenvalue weighted by Crippen LogP contribution is 2.47. The molecule has 0 amide bonds. The zero-order valence-corrected chi connectivity index (χ0v) is 40.7. The lowest BCUT2D eigenvalue weighted by Gasteiger charge is -2.41. The Labute approximate surface area is 387 Å². The fourth-order valence-corrected chi connectivity index (χ4v) is 8.62. The van der Waals surface area contributed by atoms with E-state index >= 15 is 0 Å². The van der Waals surface area contributed by atoms with Crippen LogP contribution in [0.5, 0.6) is 0 Å². The molecule has 64 heavy (non-hydrogen) atoms. The second-order valence-electron chi connectivity index (χ2n) is 17.7. The topological polar surface area (TPSA) is 210 Å². The summed E-state index contributed by atoms with van der Waals surface area (Å²) >= 11 is 0. The number of hydrogen-bond donors (Lipinski definition) is 6. The molecule has 1 aliphatic carbocycles. The minimum absolute atomic E-state index is 0.0920. The summed E-state index contributed by atoms with van der Waals surface area (Å²) in [6.45, 7) is 3.26. The van der Waals surface area contributed by atoms with Gasteiger partial charge in [0.1, 0.15) is 43.2 Å². The van der Waals surface area contributed by atoms with Gasteiger partial charge in [-0.2, -0.15) is 0 Å². The molecular weight excluding hydrogens is 840 g/mol. The largest absolute Gasteiger partial charge is 0.472 e. The average molecular weight is 931 g/mol. The molecule has 0 heterocycles. The van der Waals surface area contributed by atoms with Crippen LogP contribution in [0.25, 0.3) is 0 Å². The lowest BCUT2D eigenvalue weighted by atomic mass is 9.85. The molecule has 0 saturated heterocycles. The molecule has 1 saturated carbocycles. The highest BCUT2D eigenvalue weighted by molar-refractivity contribution is 7.47. The van der Waals surface area contributed by atoms with Crippen LogP contribution in [0.3, 0.4) is 0 Å². The van der Waals surface area contributed by atoms with Gasteiger partial charge in [0.05, 0.1) is 6.61 Å². The number of rotatable bonds is 42. The van der Waals surface area contributed by atoms with E-state index in [9.17, 15) is 44.6 Å². The molecule has 0 aromatic rings. The molecule has 0 spiro atoms. The maximum Gasteiger partial charge on any atom is 0.472 e. The fraction of sp³-hybridized carbons (Fsp3) is 0.840. The van der Waals surface area contributed by atoms with Gasteiger partial charge in [0.2, 0.25) is 0 Å². The van der Waals surface area contributed by atoms with E-state index in [1.54, 1.807) is 0 Å². The Hall–Kier alpha value is -1.93. The highest BCUT2D eigenvalue weighted by Gasteiger charge is 2.51. The van der Waals surface area contributed by atoms with E-state index in [1.807, 2.05) is 0 Å². The molecule has 0 bridgehead atoms. The number of aliphatic hydroxyl groups is 5. The molecule has 1 rings (SSSR count). The Morgan fingerprint density at radius 1 is 0.484 bits per heavy atom. The molecule has 1 aliphatic rings. The fourth-order valence-electron chi connectivity index (χ4n) is 7.65. The molecule has 1 fully saturated rings. The summed E-state index contributed by atoms with van der Waals surface area (Å²) in [6, 6.07) is 0. The van der Waals surface area contributed by atoms with Gasteiger partial charge >= 0.3 is 19.8 Å². The van der Waals surface area contributed by atoms with E-state index < -0.39 is 75.7 Å². The van der Waals surface area contributed by atoms with Crippen molar-refractivity contribution in [1.29, 1.82) is 0 Å². The van der Waals surface area contributed by atoms with Crippen molar-refractivity contribution in [3.05, 3.63) is 36.5 Å². The average Bonchev–Trinajstić information content (AvgIpc) is 3.28. The van der Waals surface area contributed by atoms with Gasteiger partial charge in [-0.15, -0.1) is 0 Å². The quantitative estimate of drug-likeness (QED) is 0.0146. The van der Waals surface area contributed by atoms with Gasteiger partial charge in [-0.3, -0.25) is 18.6 Å². The Morgan fingerprint density at radius 3 is 1.31 bits per heavy atom. The van der Waals surface area contributed by atoms with E-state index in [4.69, 9.17) is 18.5 Å². The van der Waals surface area contributed by atoms with Crippen molar-refractivity contribution in [2.45, 2.75) is 256 Å². The van der Waals surface area contributed by atoms with Crippen LogP contribution in [0.15, 0.2) is 36.5 Å². The monoisotopic (exact) mass is 931 g/mol. The SMILES string of the molecule is CCCCC/C=C/C/C=C/C/C=C/CCCCC(=O)OC[C@H](COP(=O)(O)OC1C(O)C(O)C(O)[C@@H](O)C1O)OC(=O)CCCCCCCCCCCCCCCCCCCCCC. The number of allylic oxidation sites excluding steroid dienone is 6. The van der Waals surface area contributed by atoms with Gasteiger partial charge in [0, 0.05) is 12.8 Å². The second-order valence-corrected chi connectivity index (χ2v) is 19.1. The van der Waals surface area contributed by atoms with Crippen molar-refractivity contribution >= 4 is 19.8 Å². The van der Waals surface area contributed by atoms with E-state index in [0.29, 0.717) is 12.8 Å². The van der Waals surface area contributed by atoms with Crippen molar-refractivity contribution in [2.75, 3.05) is 13.2 Å². The number of ether oxygens (including phenoxy) is 2. The minimum Gasteiger partial charge on any atom is -0.462 e. The molecule has 6 N–H and O–H groups in total. The van der Waals surface area contributed by atoms with E-state index in [-0.39, 0.29) is 12.8 Å². The van der Waals surface area contributed by atoms with Crippen LogP contribution in [-0.2, 0) is 32.7 Å². The third-order valence-corrected chi connectivity index (χ3v) is 12.7. The van der Waals surface area contributed by atoms with Gasteiger partial charge in [0.25, 0.3) is 0 Å². The number of carbonyl (C=O) groups is 2. The standard InChI is InChI=1S/C50H91O13P/c1-3-5-7-9-11-13-15-17-19-20-21-22-23-25-27-29-31-33-35-37-39-44(52)62-42(41-61-64(58,59)63-50-48(56)46(54)45(53)47(55)49(50)57)40-60-43(51)38-36-34-32-30-28-26-24-18-16-14-12-10-8-6-4-2/h12,14,18,24,28,30,42,45-50,53-57H,3-11,13,15-17,19-23,25-27,29,31-41H2,1-2H3,(H,58,59)/b14-12+,24-18+,30-28+/t42-,45?,46-,47?,48?,49?,50?/m1/s1. The number of phosphoric ester groups is 1. The van der Waals surface area contributed by atoms with E-state index in [2.05, 4.69) is 50.3 Å². The van der Waals surface area contributed by atoms with Crippen molar-refractivity contribution in [1.82, 2.24) is 0 Å². The van der Waals surface area contributed by atoms with Crippen LogP contribution < -0.4 is 0 Å². The van der Waals surface area contributed by atoms with Gasteiger partial charge in [-0.05, 0) is 51.4 Å². The first kappa shape index (κ1) is 60.1. The van der Waals surface area contributed by atoms with Gasteiger partial charge in [-0.25, -0.2) is 4.57 Å². The number of phosphoric acid groups is 1. The molecule has 14 heteroatoms. The Balaban J connectivity index is 2.42. The Bertz CT molecular complexity index is 1260. The third kappa shape index (κ3) is 31.9. The highest BCUT2D eigenvalue weighted by atomic mass is 31.2. The van der Waals surface area contributed by atoms with Crippen LogP contribution in [0, 0.1) is 0 Å². The van der Waals surface area contributed by atoms with Crippen molar-refractivity contribution < 1.29 is 63.1 Å². The molecule has 0 aromatic carbocycles. The van der Waals surface area contributed by atoms with Crippen LogP contribution >= 0.6 is 7.82 Å². The molecule has 374 valence electrons. The molecule has 13 nitrogen and oxygen atoms in total. The number of esters is 2. The molecule has 0 radical (unpaired) electrons. The summed E-state index contributed by atoms with van der Waals surface area (Å²) in [7, 11) is -5.13. The first-order valence-electron chi connectivity index (χ1n) is 25.3. The summed E-state index contributed by atoms with van der Waals surface area (Å²) < 4.78 is 33.6. The molecule has 0 aliphatic heterocycles. The van der Waals surface area contributed by atoms with Gasteiger partial charge < -0.3 is 39.9 Å². The van der Waals surface area contributed by atoms with E-state index in [1.165, 1.54) is 116 Å². The maximum atomic E-state index is 12.8. The first-order valence-corrected chi connectivity index (χ1v) is 26.8. The van der Waals surface area contributed by atoms with Crippen molar-refractivity contribution in [2.24, 2.45) is 0 Å². The van der Waals surface area contributed by atoms with E-state index in [0.717, 1.165) is 57.8 Å². The summed E-state index contributed by atoms with van der Waals surface area (Å²) in [5.74, 6) is -1.14. The zero-order valence-electron chi connectivity index (χ0n) is 39.8. The summed E-state index contributed by atoms with van der Waals surface area (Å²) in [5.41, 5.74) is 0. The Kier molecular flexibility index (Phi) is 37.7. The van der Waals surface area contributed by atoms with Crippen LogP contribution in [0.1, 0.15) is 213 Å². The number of aliphatic hydroxyl groups excluding tert-OH is 5. The molecule has 8 atom stereocenters. The normalized spacial score (nSPS) is 21.8. The number of unbranched alkanes of at least 4 members (excludes halogenated alkanes) is 24. The number of hydrogen-bond acceptors (Lipinski definition) is 12. The predicted molar refractivity (Wildman–Crippen MR) is 253 cm³/mol. The van der Waals surface area contributed by atoms with Gasteiger partial charge in [-0.1, -0.05) is 185 Å².